The van der Waals surface area contributed by atoms with E-state index in [4.69, 9.17) is 16.3 Å². The number of halogens is 1. The Morgan fingerprint density at radius 1 is 1.53 bits per heavy atom. The zero-order valence-corrected chi connectivity index (χ0v) is 10.9. The van der Waals surface area contributed by atoms with Crippen LogP contribution in [0.25, 0.3) is 10.2 Å². The van der Waals surface area contributed by atoms with Crippen molar-refractivity contribution >= 4 is 38.3 Å². The minimum Gasteiger partial charge on any atom is -0.376 e. The van der Waals surface area contributed by atoms with Crippen molar-refractivity contribution in [3.63, 3.8) is 0 Å². The number of hydrogen-bond donors (Lipinski definition) is 1. The fourth-order valence-corrected chi connectivity index (χ4v) is 3.13. The second-order valence-electron chi connectivity index (χ2n) is 4.15. The molecule has 2 heterocycles. The molecule has 0 aliphatic carbocycles. The normalized spacial score (nSPS) is 19.9. The third-order valence-electron chi connectivity index (χ3n) is 2.86. The van der Waals surface area contributed by atoms with Gasteiger partial charge in [0, 0.05) is 18.2 Å². The molecule has 17 heavy (non-hydrogen) atoms. The highest BCUT2D eigenvalue weighted by Crippen LogP contribution is 2.28. The number of benzene rings is 1. The predicted molar refractivity (Wildman–Crippen MR) is 72.1 cm³/mol. The predicted octanol–water partition coefficient (Wildman–Crippen LogP) is 3.54. The number of aromatic nitrogens is 1. The molecule has 90 valence electrons. The molecule has 3 rings (SSSR count). The Labute approximate surface area is 109 Å². The van der Waals surface area contributed by atoms with E-state index < -0.39 is 0 Å². The molecule has 1 atom stereocenters. The molecule has 1 saturated heterocycles. The number of nitrogens with zero attached hydrogens (tertiary/aromatic N) is 1. The summed E-state index contributed by atoms with van der Waals surface area (Å²) in [6, 6.07) is 5.77. The van der Waals surface area contributed by atoms with Gasteiger partial charge in [-0.15, -0.1) is 0 Å². The first-order chi connectivity index (χ1) is 8.31. The molecular weight excluding hydrogens is 256 g/mol. The molecule has 0 bridgehead atoms. The fraction of sp³-hybridized carbons (Fsp3) is 0.417. The molecule has 1 fully saturated rings. The Morgan fingerprint density at radius 2 is 2.47 bits per heavy atom. The lowest BCUT2D eigenvalue weighted by atomic mass is 10.2. The topological polar surface area (TPSA) is 34.2 Å². The van der Waals surface area contributed by atoms with Gasteiger partial charge in [-0.1, -0.05) is 22.9 Å². The van der Waals surface area contributed by atoms with Crippen LogP contribution in [-0.4, -0.2) is 24.2 Å². The zero-order valence-electron chi connectivity index (χ0n) is 9.28. The number of anilines is 1. The van der Waals surface area contributed by atoms with Crippen molar-refractivity contribution < 1.29 is 4.74 Å². The Kier molecular flexibility index (Phi) is 3.18. The van der Waals surface area contributed by atoms with Gasteiger partial charge in [0.05, 0.1) is 16.3 Å². The van der Waals surface area contributed by atoms with Crippen LogP contribution in [0.4, 0.5) is 5.13 Å². The summed E-state index contributed by atoms with van der Waals surface area (Å²) in [5.74, 6) is 0. The van der Waals surface area contributed by atoms with Crippen LogP contribution in [0.2, 0.25) is 5.02 Å². The van der Waals surface area contributed by atoms with Gasteiger partial charge in [-0.2, -0.15) is 0 Å². The first-order valence-electron chi connectivity index (χ1n) is 5.73. The van der Waals surface area contributed by atoms with Gasteiger partial charge < -0.3 is 10.1 Å². The first-order valence-corrected chi connectivity index (χ1v) is 6.92. The number of thiazole rings is 1. The summed E-state index contributed by atoms with van der Waals surface area (Å²) < 4.78 is 6.68. The molecular formula is C12H13ClN2OS. The maximum Gasteiger partial charge on any atom is 0.183 e. The molecule has 5 heteroatoms. The standard InChI is InChI=1S/C12H13ClN2OS/c13-8-3-4-10-11(6-8)17-12(15-10)14-7-9-2-1-5-16-9/h3-4,6,9H,1-2,5,7H2,(H,14,15)/t9-/m1/s1. The average Bonchev–Trinajstić information content (AvgIpc) is 2.94. The van der Waals surface area contributed by atoms with E-state index in [2.05, 4.69) is 10.3 Å². The first kappa shape index (κ1) is 11.3. The van der Waals surface area contributed by atoms with Crippen molar-refractivity contribution in [3.05, 3.63) is 23.2 Å². The lowest BCUT2D eigenvalue weighted by Crippen LogP contribution is -2.18. The largest absolute Gasteiger partial charge is 0.376 e. The number of nitrogens with one attached hydrogen (secondary N) is 1. The van der Waals surface area contributed by atoms with Gasteiger partial charge in [-0.3, -0.25) is 0 Å². The zero-order chi connectivity index (χ0) is 11.7. The summed E-state index contributed by atoms with van der Waals surface area (Å²) in [5, 5.41) is 5.03. The van der Waals surface area contributed by atoms with E-state index >= 15 is 0 Å². The van der Waals surface area contributed by atoms with E-state index in [1.165, 1.54) is 6.42 Å². The number of ether oxygens (including phenoxy) is 1. The van der Waals surface area contributed by atoms with Crippen molar-refractivity contribution in [3.8, 4) is 0 Å². The van der Waals surface area contributed by atoms with Gasteiger partial charge in [0.2, 0.25) is 0 Å². The lowest BCUT2D eigenvalue weighted by molar-refractivity contribution is 0.120. The molecule has 0 spiro atoms. The molecule has 0 radical (unpaired) electrons. The van der Waals surface area contributed by atoms with Crippen molar-refractivity contribution in [2.45, 2.75) is 18.9 Å². The second kappa shape index (κ2) is 4.80. The van der Waals surface area contributed by atoms with Gasteiger partial charge in [0.25, 0.3) is 0 Å². The van der Waals surface area contributed by atoms with Crippen LogP contribution >= 0.6 is 22.9 Å². The second-order valence-corrected chi connectivity index (χ2v) is 5.61. The fourth-order valence-electron chi connectivity index (χ4n) is 1.98. The van der Waals surface area contributed by atoms with Crippen molar-refractivity contribution in [1.82, 2.24) is 4.98 Å². The quantitative estimate of drug-likeness (QED) is 0.925. The van der Waals surface area contributed by atoms with Crippen molar-refractivity contribution in [2.75, 3.05) is 18.5 Å². The van der Waals surface area contributed by atoms with Gasteiger partial charge >= 0.3 is 0 Å². The monoisotopic (exact) mass is 268 g/mol. The van der Waals surface area contributed by atoms with Crippen LogP contribution in [0.1, 0.15) is 12.8 Å². The highest BCUT2D eigenvalue weighted by Gasteiger charge is 2.15. The smallest absolute Gasteiger partial charge is 0.183 e. The maximum atomic E-state index is 5.95. The minimum atomic E-state index is 0.339. The van der Waals surface area contributed by atoms with E-state index in [-0.39, 0.29) is 0 Å². The molecule has 0 unspecified atom stereocenters. The molecule has 3 nitrogen and oxygen atoms in total. The van der Waals surface area contributed by atoms with Crippen molar-refractivity contribution in [1.29, 1.82) is 0 Å². The lowest BCUT2D eigenvalue weighted by Gasteiger charge is -2.08. The molecule has 0 amide bonds. The van der Waals surface area contributed by atoms with Crippen LogP contribution in [0, 0.1) is 0 Å². The summed E-state index contributed by atoms with van der Waals surface area (Å²) in [4.78, 5) is 4.51. The highest BCUT2D eigenvalue weighted by atomic mass is 35.5. The van der Waals surface area contributed by atoms with Crippen molar-refractivity contribution in [2.24, 2.45) is 0 Å². The molecule has 1 aliphatic heterocycles. The Bertz CT molecular complexity index is 522. The maximum absolute atomic E-state index is 5.95. The molecule has 1 aliphatic rings. The van der Waals surface area contributed by atoms with Gasteiger partial charge in [0.1, 0.15) is 0 Å². The Balaban J connectivity index is 1.72. The molecule has 2 aromatic rings. The number of hydrogen-bond acceptors (Lipinski definition) is 4. The third kappa shape index (κ3) is 2.54. The van der Waals surface area contributed by atoms with E-state index in [9.17, 15) is 0 Å². The average molecular weight is 269 g/mol. The third-order valence-corrected chi connectivity index (χ3v) is 4.07. The van der Waals surface area contributed by atoms with E-state index in [0.29, 0.717) is 6.10 Å². The molecule has 0 saturated carbocycles. The number of fused-ring (bicyclic) bond motifs is 1. The van der Waals surface area contributed by atoms with Crippen LogP contribution < -0.4 is 5.32 Å². The van der Waals surface area contributed by atoms with Crippen LogP contribution in [0.3, 0.4) is 0 Å². The van der Waals surface area contributed by atoms with Crippen LogP contribution in [-0.2, 0) is 4.74 Å². The summed E-state index contributed by atoms with van der Waals surface area (Å²) in [6.07, 6.45) is 2.65. The minimum absolute atomic E-state index is 0.339. The SMILES string of the molecule is Clc1ccc2nc(NC[C@H]3CCCO3)sc2c1. The Hall–Kier alpha value is -0.840. The number of rotatable bonds is 3. The summed E-state index contributed by atoms with van der Waals surface area (Å²) in [7, 11) is 0. The summed E-state index contributed by atoms with van der Waals surface area (Å²) in [5.41, 5.74) is 0.995. The van der Waals surface area contributed by atoms with E-state index in [1.54, 1.807) is 11.3 Å². The summed E-state index contributed by atoms with van der Waals surface area (Å²) in [6.45, 7) is 1.73. The highest BCUT2D eigenvalue weighted by molar-refractivity contribution is 7.22. The molecule has 1 aromatic heterocycles. The van der Waals surface area contributed by atoms with Crippen LogP contribution in [0.5, 0.6) is 0 Å². The molecule has 1 aromatic carbocycles. The van der Waals surface area contributed by atoms with E-state index in [0.717, 1.165) is 39.9 Å². The van der Waals surface area contributed by atoms with Crippen LogP contribution in [0.15, 0.2) is 18.2 Å². The van der Waals surface area contributed by atoms with Gasteiger partial charge in [-0.05, 0) is 31.0 Å². The van der Waals surface area contributed by atoms with E-state index in [1.807, 2.05) is 18.2 Å². The molecule has 1 N–H and O–H groups in total. The van der Waals surface area contributed by atoms with Gasteiger partial charge in [0.15, 0.2) is 5.13 Å². The Morgan fingerprint density at radius 3 is 3.29 bits per heavy atom. The summed E-state index contributed by atoms with van der Waals surface area (Å²) >= 11 is 7.58. The van der Waals surface area contributed by atoms with Gasteiger partial charge in [-0.25, -0.2) is 4.98 Å².